The summed E-state index contributed by atoms with van der Waals surface area (Å²) in [4.78, 5) is 15.8. The topological polar surface area (TPSA) is 30.0 Å². The molecule has 0 fully saturated rings. The molecular weight excluding hydrogens is 206 g/mol. The van der Waals surface area contributed by atoms with Gasteiger partial charge in [0, 0.05) is 17.2 Å². The Morgan fingerprint density at radius 2 is 2.07 bits per heavy atom. The molecule has 0 saturated heterocycles. The number of ketones is 1. The average Bonchev–Trinajstić information content (AvgIpc) is 2.62. The van der Waals surface area contributed by atoms with Crippen LogP contribution in [0, 0.1) is 5.92 Å². The molecule has 0 atom stereocenters. The first-order valence-electron chi connectivity index (χ1n) is 5.18. The van der Waals surface area contributed by atoms with E-state index in [1.807, 2.05) is 19.2 Å². The molecular formula is C12H17NOS. The number of hydrogen-bond acceptors (Lipinski definition) is 3. The molecule has 1 aromatic heterocycles. The summed E-state index contributed by atoms with van der Waals surface area (Å²) in [5, 5.41) is 3.10. The molecule has 82 valence electrons. The van der Waals surface area contributed by atoms with E-state index in [4.69, 9.17) is 0 Å². The van der Waals surface area contributed by atoms with Crippen LogP contribution in [-0.2, 0) is 4.79 Å². The number of carbonyl (C=O) groups excluding carboxylic acids is 1. The summed E-state index contributed by atoms with van der Waals surface area (Å²) in [7, 11) is 0. The van der Waals surface area contributed by atoms with E-state index in [0.29, 0.717) is 5.92 Å². The largest absolute Gasteiger partial charge is 0.295 e. The summed E-state index contributed by atoms with van der Waals surface area (Å²) < 4.78 is 0. The van der Waals surface area contributed by atoms with Gasteiger partial charge in [0.15, 0.2) is 5.78 Å². The third-order valence-corrected chi connectivity index (χ3v) is 3.18. The van der Waals surface area contributed by atoms with Crippen LogP contribution < -0.4 is 0 Å². The van der Waals surface area contributed by atoms with Gasteiger partial charge in [0.2, 0.25) is 0 Å². The Bertz CT molecular complexity index is 363. The number of hydrogen-bond donors (Lipinski definition) is 0. The number of aromatic nitrogens is 1. The molecule has 0 saturated carbocycles. The van der Waals surface area contributed by atoms with Crippen LogP contribution in [-0.4, -0.2) is 10.8 Å². The van der Waals surface area contributed by atoms with Crippen molar-refractivity contribution in [3.8, 4) is 0 Å². The van der Waals surface area contributed by atoms with Crippen LogP contribution in [0.1, 0.15) is 44.3 Å². The van der Waals surface area contributed by atoms with Crippen LogP contribution in [0.25, 0.3) is 6.08 Å². The molecule has 1 heterocycles. The van der Waals surface area contributed by atoms with Gasteiger partial charge in [-0.15, -0.1) is 11.3 Å². The van der Waals surface area contributed by atoms with Gasteiger partial charge in [-0.05, 0) is 12.2 Å². The fourth-order valence-corrected chi connectivity index (χ4v) is 1.81. The summed E-state index contributed by atoms with van der Waals surface area (Å²) >= 11 is 1.64. The number of thiazole rings is 1. The molecule has 0 radical (unpaired) electrons. The first-order chi connectivity index (χ1) is 7.00. The Kier molecular flexibility index (Phi) is 4.21. The van der Waals surface area contributed by atoms with Gasteiger partial charge in [-0.3, -0.25) is 4.79 Å². The van der Waals surface area contributed by atoms with Gasteiger partial charge < -0.3 is 0 Å². The smallest absolute Gasteiger partial charge is 0.158 e. The Morgan fingerprint density at radius 3 is 2.53 bits per heavy atom. The minimum Gasteiger partial charge on any atom is -0.295 e. The number of nitrogens with zero attached hydrogens (tertiary/aromatic N) is 1. The van der Waals surface area contributed by atoms with E-state index in [1.54, 1.807) is 23.5 Å². The fraction of sp³-hybridized carbons (Fsp3) is 0.500. The zero-order valence-electron chi connectivity index (χ0n) is 9.65. The normalized spacial score (nSPS) is 11.9. The highest BCUT2D eigenvalue weighted by Crippen LogP contribution is 2.19. The zero-order valence-corrected chi connectivity index (χ0v) is 10.5. The summed E-state index contributed by atoms with van der Waals surface area (Å²) in [6.45, 7) is 8.03. The van der Waals surface area contributed by atoms with Gasteiger partial charge in [-0.25, -0.2) is 4.98 Å². The first kappa shape index (κ1) is 12.1. The molecule has 0 bridgehead atoms. The number of rotatable bonds is 4. The maximum Gasteiger partial charge on any atom is 0.158 e. The van der Waals surface area contributed by atoms with E-state index >= 15 is 0 Å². The standard InChI is InChI=1S/C12H17NOS/c1-8(2)11(14)6-5-10-7-15-12(13-10)9(3)4/h5-9H,1-4H3/b6-5+. The highest BCUT2D eigenvalue weighted by molar-refractivity contribution is 7.09. The van der Waals surface area contributed by atoms with E-state index in [-0.39, 0.29) is 11.7 Å². The lowest BCUT2D eigenvalue weighted by Crippen LogP contribution is -2.01. The first-order valence-corrected chi connectivity index (χ1v) is 6.06. The molecule has 0 aromatic carbocycles. The lowest BCUT2D eigenvalue weighted by Gasteiger charge is -1.96. The zero-order chi connectivity index (χ0) is 11.4. The molecule has 15 heavy (non-hydrogen) atoms. The van der Waals surface area contributed by atoms with Gasteiger partial charge in [-0.1, -0.05) is 27.7 Å². The maximum atomic E-state index is 11.3. The van der Waals surface area contributed by atoms with Crippen LogP contribution in [0.15, 0.2) is 11.5 Å². The highest BCUT2D eigenvalue weighted by Gasteiger charge is 2.05. The molecule has 2 nitrogen and oxygen atoms in total. The fourth-order valence-electron chi connectivity index (χ4n) is 1.00. The third kappa shape index (κ3) is 3.59. The van der Waals surface area contributed by atoms with Crippen LogP contribution in [0.5, 0.6) is 0 Å². The Morgan fingerprint density at radius 1 is 1.40 bits per heavy atom. The van der Waals surface area contributed by atoms with Crippen LogP contribution in [0.2, 0.25) is 0 Å². The van der Waals surface area contributed by atoms with Crippen molar-refractivity contribution < 1.29 is 4.79 Å². The molecule has 1 rings (SSSR count). The Balaban J connectivity index is 2.69. The SMILES string of the molecule is CC(C)C(=O)/C=C/c1csc(C(C)C)n1. The average molecular weight is 223 g/mol. The van der Waals surface area contributed by atoms with E-state index in [0.717, 1.165) is 10.7 Å². The van der Waals surface area contributed by atoms with Crippen LogP contribution >= 0.6 is 11.3 Å². The second-order valence-electron chi connectivity index (χ2n) is 4.16. The van der Waals surface area contributed by atoms with Crippen molar-refractivity contribution in [2.75, 3.05) is 0 Å². The van der Waals surface area contributed by atoms with Gasteiger partial charge in [0.05, 0.1) is 10.7 Å². The monoisotopic (exact) mass is 223 g/mol. The molecule has 3 heteroatoms. The van der Waals surface area contributed by atoms with E-state index in [1.165, 1.54) is 0 Å². The second-order valence-corrected chi connectivity index (χ2v) is 5.05. The lowest BCUT2D eigenvalue weighted by molar-refractivity contribution is -0.117. The van der Waals surface area contributed by atoms with Crippen molar-refractivity contribution in [2.45, 2.75) is 33.6 Å². The van der Waals surface area contributed by atoms with Crippen LogP contribution in [0.4, 0.5) is 0 Å². The summed E-state index contributed by atoms with van der Waals surface area (Å²) in [6.07, 6.45) is 3.41. The predicted octanol–water partition coefficient (Wildman–Crippen LogP) is 3.50. The highest BCUT2D eigenvalue weighted by atomic mass is 32.1. The van der Waals surface area contributed by atoms with Gasteiger partial charge in [-0.2, -0.15) is 0 Å². The quantitative estimate of drug-likeness (QED) is 0.731. The number of carbonyl (C=O) groups is 1. The number of allylic oxidation sites excluding steroid dienone is 1. The summed E-state index contributed by atoms with van der Waals surface area (Å²) in [5.74, 6) is 0.663. The van der Waals surface area contributed by atoms with Crippen molar-refractivity contribution in [2.24, 2.45) is 5.92 Å². The maximum absolute atomic E-state index is 11.3. The van der Waals surface area contributed by atoms with Gasteiger partial charge >= 0.3 is 0 Å². The van der Waals surface area contributed by atoms with E-state index < -0.39 is 0 Å². The van der Waals surface area contributed by atoms with Crippen molar-refractivity contribution >= 4 is 23.2 Å². The van der Waals surface area contributed by atoms with Crippen molar-refractivity contribution in [3.63, 3.8) is 0 Å². The van der Waals surface area contributed by atoms with Crippen molar-refractivity contribution in [3.05, 3.63) is 22.2 Å². The van der Waals surface area contributed by atoms with Crippen LogP contribution in [0.3, 0.4) is 0 Å². The molecule has 0 aliphatic heterocycles. The lowest BCUT2D eigenvalue weighted by atomic mass is 10.1. The molecule has 0 aliphatic carbocycles. The molecule has 0 amide bonds. The Labute approximate surface area is 95.0 Å². The van der Waals surface area contributed by atoms with Gasteiger partial charge in [0.1, 0.15) is 0 Å². The van der Waals surface area contributed by atoms with Crippen molar-refractivity contribution in [1.82, 2.24) is 4.98 Å². The molecule has 1 aromatic rings. The minimum absolute atomic E-state index is 0.0597. The third-order valence-electron chi connectivity index (χ3n) is 2.02. The van der Waals surface area contributed by atoms with E-state index in [9.17, 15) is 4.79 Å². The molecule has 0 unspecified atom stereocenters. The molecule has 0 aliphatic rings. The van der Waals surface area contributed by atoms with Crippen molar-refractivity contribution in [1.29, 1.82) is 0 Å². The molecule has 0 spiro atoms. The van der Waals surface area contributed by atoms with Gasteiger partial charge in [0.25, 0.3) is 0 Å². The molecule has 0 N–H and O–H groups in total. The summed E-state index contributed by atoms with van der Waals surface area (Å²) in [5.41, 5.74) is 0.887. The van der Waals surface area contributed by atoms with E-state index in [2.05, 4.69) is 18.8 Å². The summed E-state index contributed by atoms with van der Waals surface area (Å²) in [6, 6.07) is 0. The Hall–Kier alpha value is -0.960. The predicted molar refractivity (Wildman–Crippen MR) is 65.1 cm³/mol. The second kappa shape index (κ2) is 5.21. The minimum atomic E-state index is 0.0597.